The van der Waals surface area contributed by atoms with Crippen LogP contribution in [0.15, 0.2) is 0 Å². The molecule has 2 rings (SSSR count). The summed E-state index contributed by atoms with van der Waals surface area (Å²) in [5.74, 6) is -1.77. The molecule has 0 saturated carbocycles. The maximum absolute atomic E-state index is 11.3. The molecule has 0 aromatic rings. The average molecular weight is 303 g/mol. The van der Waals surface area contributed by atoms with Crippen molar-refractivity contribution in [3.05, 3.63) is 0 Å². The Morgan fingerprint density at radius 1 is 1.33 bits per heavy atom. The SMILES string of the molecule is CC(=O)N[C@@H]1[C@@H](OC(C)=O)[C@@H]2OC(C)(C)OC[C@H]2O[C@@H]1O. The molecule has 0 unspecified atom stereocenters. The van der Waals surface area contributed by atoms with Crippen molar-refractivity contribution < 1.29 is 33.6 Å². The highest BCUT2D eigenvalue weighted by atomic mass is 16.7. The number of nitrogens with one attached hydrogen (secondary N) is 1. The monoisotopic (exact) mass is 303 g/mol. The van der Waals surface area contributed by atoms with Gasteiger partial charge in [0.25, 0.3) is 0 Å². The van der Waals surface area contributed by atoms with Gasteiger partial charge >= 0.3 is 5.97 Å². The Kier molecular flexibility index (Phi) is 4.52. The highest BCUT2D eigenvalue weighted by Gasteiger charge is 2.52. The van der Waals surface area contributed by atoms with E-state index >= 15 is 0 Å². The lowest BCUT2D eigenvalue weighted by atomic mass is 9.95. The number of amides is 1. The van der Waals surface area contributed by atoms with E-state index in [-0.39, 0.29) is 12.5 Å². The van der Waals surface area contributed by atoms with E-state index in [9.17, 15) is 14.7 Å². The summed E-state index contributed by atoms with van der Waals surface area (Å²) < 4.78 is 21.9. The molecule has 5 atom stereocenters. The number of ether oxygens (including phenoxy) is 4. The van der Waals surface area contributed by atoms with Crippen LogP contribution in [-0.4, -0.2) is 60.0 Å². The smallest absolute Gasteiger partial charge is 0.303 e. The summed E-state index contributed by atoms with van der Waals surface area (Å²) in [5, 5.41) is 12.6. The molecule has 0 aromatic carbocycles. The molecular weight excluding hydrogens is 282 g/mol. The Morgan fingerprint density at radius 3 is 2.57 bits per heavy atom. The molecule has 2 heterocycles. The zero-order valence-corrected chi connectivity index (χ0v) is 12.5. The predicted octanol–water partition coefficient (Wildman–Crippen LogP) is -0.708. The Morgan fingerprint density at radius 2 is 2.00 bits per heavy atom. The number of fused-ring (bicyclic) bond motifs is 1. The molecule has 0 aromatic heterocycles. The first-order chi connectivity index (χ1) is 9.69. The summed E-state index contributed by atoms with van der Waals surface area (Å²) in [7, 11) is 0. The van der Waals surface area contributed by atoms with Crippen LogP contribution in [0.3, 0.4) is 0 Å². The molecule has 8 nitrogen and oxygen atoms in total. The van der Waals surface area contributed by atoms with Crippen molar-refractivity contribution in [3.63, 3.8) is 0 Å². The van der Waals surface area contributed by atoms with Gasteiger partial charge in [-0.2, -0.15) is 0 Å². The third kappa shape index (κ3) is 3.70. The fourth-order valence-corrected chi connectivity index (χ4v) is 2.56. The van der Waals surface area contributed by atoms with Crippen LogP contribution in [-0.2, 0) is 28.5 Å². The Balaban J connectivity index is 2.25. The Bertz CT molecular complexity index is 425. The highest BCUT2D eigenvalue weighted by Crippen LogP contribution is 2.33. The van der Waals surface area contributed by atoms with E-state index in [1.165, 1.54) is 13.8 Å². The lowest BCUT2D eigenvalue weighted by Gasteiger charge is -2.49. The van der Waals surface area contributed by atoms with Gasteiger partial charge in [-0.3, -0.25) is 9.59 Å². The summed E-state index contributed by atoms with van der Waals surface area (Å²) in [5.41, 5.74) is 0. The van der Waals surface area contributed by atoms with Crippen LogP contribution in [0.1, 0.15) is 27.7 Å². The van der Waals surface area contributed by atoms with Crippen molar-refractivity contribution in [1.82, 2.24) is 5.32 Å². The van der Waals surface area contributed by atoms with E-state index in [4.69, 9.17) is 18.9 Å². The van der Waals surface area contributed by atoms with Gasteiger partial charge in [-0.25, -0.2) is 0 Å². The molecule has 21 heavy (non-hydrogen) atoms. The van der Waals surface area contributed by atoms with Gasteiger partial charge in [0.05, 0.1) is 6.61 Å². The topological polar surface area (TPSA) is 103 Å². The number of aliphatic hydroxyl groups excluding tert-OH is 1. The van der Waals surface area contributed by atoms with Crippen molar-refractivity contribution in [2.45, 2.75) is 64.1 Å². The second-order valence-corrected chi connectivity index (χ2v) is 5.66. The number of hydrogen-bond donors (Lipinski definition) is 2. The van der Waals surface area contributed by atoms with E-state index in [0.717, 1.165) is 0 Å². The fourth-order valence-electron chi connectivity index (χ4n) is 2.56. The number of esters is 1. The van der Waals surface area contributed by atoms with E-state index in [1.54, 1.807) is 13.8 Å². The minimum absolute atomic E-state index is 0.194. The van der Waals surface area contributed by atoms with Crippen molar-refractivity contribution in [3.8, 4) is 0 Å². The first kappa shape index (κ1) is 16.2. The zero-order valence-electron chi connectivity index (χ0n) is 12.5. The van der Waals surface area contributed by atoms with Crippen LogP contribution in [0.4, 0.5) is 0 Å². The number of carbonyl (C=O) groups is 2. The van der Waals surface area contributed by atoms with Crippen LogP contribution < -0.4 is 5.32 Å². The molecule has 1 amide bonds. The molecule has 0 aliphatic carbocycles. The molecule has 120 valence electrons. The van der Waals surface area contributed by atoms with Crippen molar-refractivity contribution in [1.29, 1.82) is 0 Å². The van der Waals surface area contributed by atoms with Crippen molar-refractivity contribution in [2.75, 3.05) is 6.61 Å². The molecule has 8 heteroatoms. The third-order valence-electron chi connectivity index (χ3n) is 3.35. The molecule has 2 saturated heterocycles. The molecule has 0 radical (unpaired) electrons. The van der Waals surface area contributed by atoms with Gasteiger partial charge in [0.1, 0.15) is 18.2 Å². The Labute approximate surface area is 122 Å². The maximum atomic E-state index is 11.3. The molecule has 0 spiro atoms. The number of aliphatic hydroxyl groups is 1. The fraction of sp³-hybridized carbons (Fsp3) is 0.846. The summed E-state index contributed by atoms with van der Waals surface area (Å²) in [6.07, 6.45) is -3.39. The second-order valence-electron chi connectivity index (χ2n) is 5.66. The van der Waals surface area contributed by atoms with Crippen LogP contribution in [0, 0.1) is 0 Å². The lowest BCUT2D eigenvalue weighted by Crippen LogP contribution is -2.68. The van der Waals surface area contributed by atoms with Gasteiger partial charge < -0.3 is 29.4 Å². The summed E-state index contributed by atoms with van der Waals surface area (Å²) >= 11 is 0. The summed E-state index contributed by atoms with van der Waals surface area (Å²) in [4.78, 5) is 22.6. The second kappa shape index (κ2) is 5.88. The quantitative estimate of drug-likeness (QED) is 0.650. The van der Waals surface area contributed by atoms with Crippen LogP contribution in [0.2, 0.25) is 0 Å². The van der Waals surface area contributed by atoms with Gasteiger partial charge in [-0.1, -0.05) is 0 Å². The van der Waals surface area contributed by atoms with E-state index < -0.39 is 42.4 Å². The van der Waals surface area contributed by atoms with Crippen molar-refractivity contribution in [2.24, 2.45) is 0 Å². The number of hydrogen-bond acceptors (Lipinski definition) is 7. The zero-order chi connectivity index (χ0) is 15.8. The van der Waals surface area contributed by atoms with Gasteiger partial charge in [0.15, 0.2) is 18.2 Å². The van der Waals surface area contributed by atoms with Gasteiger partial charge in [0.2, 0.25) is 5.91 Å². The average Bonchev–Trinajstić information content (AvgIpc) is 2.33. The number of rotatable bonds is 2. The minimum atomic E-state index is -1.31. The molecular formula is C13H21NO7. The minimum Gasteiger partial charge on any atom is -0.457 e. The normalized spacial score (nSPS) is 38.2. The largest absolute Gasteiger partial charge is 0.457 e. The van der Waals surface area contributed by atoms with Gasteiger partial charge in [-0.05, 0) is 13.8 Å². The van der Waals surface area contributed by atoms with Gasteiger partial charge in [0, 0.05) is 13.8 Å². The molecule has 2 aliphatic heterocycles. The Hall–Kier alpha value is -1.22. The van der Waals surface area contributed by atoms with E-state index in [1.807, 2.05) is 0 Å². The maximum Gasteiger partial charge on any atom is 0.303 e. The first-order valence-electron chi connectivity index (χ1n) is 6.79. The van der Waals surface area contributed by atoms with E-state index in [2.05, 4.69) is 5.32 Å². The molecule has 0 bridgehead atoms. The van der Waals surface area contributed by atoms with Gasteiger partial charge in [-0.15, -0.1) is 0 Å². The molecule has 2 aliphatic rings. The molecule has 2 fully saturated rings. The number of carbonyl (C=O) groups excluding carboxylic acids is 2. The van der Waals surface area contributed by atoms with Crippen LogP contribution in [0.5, 0.6) is 0 Å². The van der Waals surface area contributed by atoms with Crippen LogP contribution in [0.25, 0.3) is 0 Å². The highest BCUT2D eigenvalue weighted by molar-refractivity contribution is 5.73. The van der Waals surface area contributed by atoms with Crippen molar-refractivity contribution >= 4 is 11.9 Å². The summed E-state index contributed by atoms with van der Waals surface area (Å²) in [6.45, 7) is 6.21. The van der Waals surface area contributed by atoms with Crippen LogP contribution >= 0.6 is 0 Å². The standard InChI is InChI=1S/C13H21NO7/c1-6(15)14-9-11(19-7(2)16)10-8(20-12(9)17)5-18-13(3,4)21-10/h8-12,17H,5H2,1-4H3,(H,14,15)/t8-,9-,10-,11-,12+/m1/s1. The lowest BCUT2D eigenvalue weighted by molar-refractivity contribution is -0.364. The third-order valence-corrected chi connectivity index (χ3v) is 3.35. The predicted molar refractivity (Wildman–Crippen MR) is 68.9 cm³/mol. The first-order valence-corrected chi connectivity index (χ1v) is 6.79. The van der Waals surface area contributed by atoms with E-state index in [0.29, 0.717) is 0 Å². The summed E-state index contributed by atoms with van der Waals surface area (Å²) in [6, 6.07) is -0.901. The molecule has 2 N–H and O–H groups in total.